The third-order valence-corrected chi connectivity index (χ3v) is 3.07. The highest BCUT2D eigenvalue weighted by molar-refractivity contribution is 5.37. The Kier molecular flexibility index (Phi) is 3.03. The molecule has 2 rings (SSSR count). The van der Waals surface area contributed by atoms with Crippen molar-refractivity contribution in [3.05, 3.63) is 34.9 Å². The van der Waals surface area contributed by atoms with Crippen LogP contribution in [0.25, 0.3) is 0 Å². The molecule has 1 aromatic carbocycles. The summed E-state index contributed by atoms with van der Waals surface area (Å²) in [6.45, 7) is 2.19. The Labute approximate surface area is 91.1 Å². The van der Waals surface area contributed by atoms with Crippen LogP contribution < -0.4 is 0 Å². The van der Waals surface area contributed by atoms with Gasteiger partial charge in [0, 0.05) is 19.5 Å². The normalized spacial score (nSPS) is 15.7. The summed E-state index contributed by atoms with van der Waals surface area (Å²) in [6.07, 6.45) is 2.67. The van der Waals surface area contributed by atoms with Crippen molar-refractivity contribution in [1.82, 2.24) is 4.90 Å². The fourth-order valence-electron chi connectivity index (χ4n) is 2.21. The summed E-state index contributed by atoms with van der Waals surface area (Å²) < 4.78 is 0. The first kappa shape index (κ1) is 10.2. The van der Waals surface area contributed by atoms with Crippen molar-refractivity contribution in [2.45, 2.75) is 25.8 Å². The lowest BCUT2D eigenvalue weighted by Gasteiger charge is -2.26. The molecule has 0 fully saturated rings. The molecule has 1 aliphatic rings. The molecular weight excluding hydrogens is 184 g/mol. The molecule has 0 aliphatic carbocycles. The summed E-state index contributed by atoms with van der Waals surface area (Å²) in [6, 6.07) is 8.72. The zero-order chi connectivity index (χ0) is 10.7. The maximum Gasteiger partial charge on any atom is 0.0625 e. The molecule has 0 atom stereocenters. The summed E-state index contributed by atoms with van der Waals surface area (Å²) in [4.78, 5) is 2.35. The van der Waals surface area contributed by atoms with Crippen molar-refractivity contribution in [3.63, 3.8) is 0 Å². The molecule has 2 heteroatoms. The van der Waals surface area contributed by atoms with E-state index in [0.29, 0.717) is 6.42 Å². The van der Waals surface area contributed by atoms with Gasteiger partial charge in [-0.2, -0.15) is 5.26 Å². The van der Waals surface area contributed by atoms with E-state index in [1.165, 1.54) is 16.7 Å². The van der Waals surface area contributed by atoms with Gasteiger partial charge in [0.1, 0.15) is 0 Å². The number of likely N-dealkylation sites (N-methyl/N-ethyl adjacent to an activating group) is 1. The number of aryl methyl sites for hydroxylation is 1. The predicted molar refractivity (Wildman–Crippen MR) is 60.4 cm³/mol. The SMILES string of the molecule is CN1CCc2cccc(CCC#N)c2C1. The average molecular weight is 200 g/mol. The third-order valence-electron chi connectivity index (χ3n) is 3.07. The number of nitrogens with zero attached hydrogens (tertiary/aromatic N) is 2. The summed E-state index contributed by atoms with van der Waals surface area (Å²) in [7, 11) is 2.16. The minimum absolute atomic E-state index is 0.625. The van der Waals surface area contributed by atoms with E-state index in [1.807, 2.05) is 0 Å². The summed E-state index contributed by atoms with van der Waals surface area (Å²) in [5.41, 5.74) is 4.30. The Hall–Kier alpha value is -1.33. The number of hydrogen-bond donors (Lipinski definition) is 0. The number of nitriles is 1. The third kappa shape index (κ3) is 2.19. The van der Waals surface area contributed by atoms with Gasteiger partial charge in [0.05, 0.1) is 6.07 Å². The Morgan fingerprint density at radius 1 is 1.47 bits per heavy atom. The first-order valence-electron chi connectivity index (χ1n) is 5.46. The molecule has 78 valence electrons. The van der Waals surface area contributed by atoms with Crippen molar-refractivity contribution in [2.24, 2.45) is 0 Å². The highest BCUT2D eigenvalue weighted by Gasteiger charge is 2.15. The highest BCUT2D eigenvalue weighted by Crippen LogP contribution is 2.22. The van der Waals surface area contributed by atoms with Crippen LogP contribution in [0.4, 0.5) is 0 Å². The van der Waals surface area contributed by atoms with Gasteiger partial charge in [0.15, 0.2) is 0 Å². The van der Waals surface area contributed by atoms with Gasteiger partial charge in [-0.3, -0.25) is 0 Å². The lowest BCUT2D eigenvalue weighted by molar-refractivity contribution is 0.311. The molecule has 0 saturated carbocycles. The minimum Gasteiger partial charge on any atom is -0.302 e. The van der Waals surface area contributed by atoms with Crippen LogP contribution in [0.15, 0.2) is 18.2 Å². The average Bonchev–Trinajstić information content (AvgIpc) is 2.26. The first-order valence-corrected chi connectivity index (χ1v) is 5.46. The molecule has 0 spiro atoms. The molecule has 0 saturated heterocycles. The molecule has 0 amide bonds. The number of fused-ring (bicyclic) bond motifs is 1. The van der Waals surface area contributed by atoms with Crippen LogP contribution in [0.5, 0.6) is 0 Å². The first-order chi connectivity index (χ1) is 7.31. The smallest absolute Gasteiger partial charge is 0.0625 e. The van der Waals surface area contributed by atoms with Crippen LogP contribution >= 0.6 is 0 Å². The maximum atomic E-state index is 8.62. The quantitative estimate of drug-likeness (QED) is 0.731. The van der Waals surface area contributed by atoms with E-state index in [4.69, 9.17) is 5.26 Å². The molecule has 0 bridgehead atoms. The molecule has 1 aliphatic heterocycles. The topological polar surface area (TPSA) is 27.0 Å². The zero-order valence-corrected chi connectivity index (χ0v) is 9.16. The largest absolute Gasteiger partial charge is 0.302 e. The van der Waals surface area contributed by atoms with Gasteiger partial charge in [-0.1, -0.05) is 18.2 Å². The van der Waals surface area contributed by atoms with Crippen LogP contribution in [0.3, 0.4) is 0 Å². The van der Waals surface area contributed by atoms with Gasteiger partial charge in [-0.25, -0.2) is 0 Å². The second-order valence-corrected chi connectivity index (χ2v) is 4.20. The number of hydrogen-bond acceptors (Lipinski definition) is 2. The maximum absolute atomic E-state index is 8.62. The lowest BCUT2D eigenvalue weighted by atomic mass is 9.93. The van der Waals surface area contributed by atoms with E-state index in [-0.39, 0.29) is 0 Å². The van der Waals surface area contributed by atoms with E-state index >= 15 is 0 Å². The van der Waals surface area contributed by atoms with E-state index < -0.39 is 0 Å². The van der Waals surface area contributed by atoms with E-state index in [2.05, 4.69) is 36.2 Å². The van der Waals surface area contributed by atoms with Crippen LogP contribution in [0.1, 0.15) is 23.1 Å². The molecule has 1 aromatic rings. The Balaban J connectivity index is 2.27. The summed E-state index contributed by atoms with van der Waals surface area (Å²) in [5, 5.41) is 8.62. The molecule has 0 radical (unpaired) electrons. The number of benzene rings is 1. The zero-order valence-electron chi connectivity index (χ0n) is 9.16. The second kappa shape index (κ2) is 4.46. The standard InChI is InChI=1S/C13H16N2/c1-15-9-7-12-5-2-4-11(6-3-8-14)13(12)10-15/h2,4-5H,3,6-7,9-10H2,1H3. The minimum atomic E-state index is 0.625. The van der Waals surface area contributed by atoms with Crippen LogP contribution in [-0.4, -0.2) is 18.5 Å². The van der Waals surface area contributed by atoms with Gasteiger partial charge in [0.2, 0.25) is 0 Å². The molecule has 1 heterocycles. The fourth-order valence-corrected chi connectivity index (χ4v) is 2.21. The highest BCUT2D eigenvalue weighted by atomic mass is 15.1. The Morgan fingerprint density at radius 2 is 2.33 bits per heavy atom. The van der Waals surface area contributed by atoms with Crippen LogP contribution in [0, 0.1) is 11.3 Å². The van der Waals surface area contributed by atoms with E-state index in [9.17, 15) is 0 Å². The van der Waals surface area contributed by atoms with Gasteiger partial charge in [-0.05, 0) is 36.6 Å². The van der Waals surface area contributed by atoms with E-state index in [1.54, 1.807) is 0 Å². The molecule has 15 heavy (non-hydrogen) atoms. The molecule has 0 N–H and O–H groups in total. The van der Waals surface area contributed by atoms with Crippen LogP contribution in [0.2, 0.25) is 0 Å². The van der Waals surface area contributed by atoms with Gasteiger partial charge >= 0.3 is 0 Å². The monoisotopic (exact) mass is 200 g/mol. The molecule has 2 nitrogen and oxygen atoms in total. The second-order valence-electron chi connectivity index (χ2n) is 4.20. The lowest BCUT2D eigenvalue weighted by Crippen LogP contribution is -2.27. The van der Waals surface area contributed by atoms with Crippen molar-refractivity contribution in [1.29, 1.82) is 5.26 Å². The van der Waals surface area contributed by atoms with Gasteiger partial charge in [0.25, 0.3) is 0 Å². The molecule has 0 aromatic heterocycles. The van der Waals surface area contributed by atoms with Crippen molar-refractivity contribution >= 4 is 0 Å². The molecule has 0 unspecified atom stereocenters. The van der Waals surface area contributed by atoms with Crippen LogP contribution in [-0.2, 0) is 19.4 Å². The van der Waals surface area contributed by atoms with E-state index in [0.717, 1.165) is 25.9 Å². The Bertz CT molecular complexity index is 390. The number of rotatable bonds is 2. The van der Waals surface area contributed by atoms with Crippen molar-refractivity contribution in [2.75, 3.05) is 13.6 Å². The Morgan fingerprint density at radius 3 is 3.13 bits per heavy atom. The van der Waals surface area contributed by atoms with Gasteiger partial charge < -0.3 is 4.90 Å². The fraction of sp³-hybridized carbons (Fsp3) is 0.462. The summed E-state index contributed by atoms with van der Waals surface area (Å²) >= 11 is 0. The van der Waals surface area contributed by atoms with Crippen molar-refractivity contribution in [3.8, 4) is 6.07 Å². The van der Waals surface area contributed by atoms with Gasteiger partial charge in [-0.15, -0.1) is 0 Å². The van der Waals surface area contributed by atoms with Crippen molar-refractivity contribution < 1.29 is 0 Å². The summed E-state index contributed by atoms with van der Waals surface area (Å²) in [5.74, 6) is 0. The predicted octanol–water partition coefficient (Wildman–Crippen LogP) is 2.13. The molecular formula is C13H16N2.